The third-order valence-corrected chi connectivity index (χ3v) is 5.88. The van der Waals surface area contributed by atoms with Gasteiger partial charge in [-0.05, 0) is 23.7 Å². The van der Waals surface area contributed by atoms with Gasteiger partial charge in [0.2, 0.25) is 5.28 Å². The average Bonchev–Trinajstić information content (AvgIpc) is 3.23. The largest absolute Gasteiger partial charge is 0.433 e. The molecule has 8 nitrogen and oxygen atoms in total. The minimum Gasteiger partial charge on any atom is -0.389 e. The number of halogens is 4. The summed E-state index contributed by atoms with van der Waals surface area (Å²) in [6.45, 7) is -0.0429. The van der Waals surface area contributed by atoms with Crippen molar-refractivity contribution in [3.63, 3.8) is 0 Å². The van der Waals surface area contributed by atoms with Gasteiger partial charge in [-0.25, -0.2) is 9.97 Å². The first-order valence-electron chi connectivity index (χ1n) is 8.39. The molecule has 0 saturated carbocycles. The third-order valence-electron chi connectivity index (χ3n) is 4.33. The lowest BCUT2D eigenvalue weighted by atomic mass is 10.2. The summed E-state index contributed by atoms with van der Waals surface area (Å²) < 4.78 is 40.1. The number of fused-ring (bicyclic) bond motifs is 1. The zero-order chi connectivity index (χ0) is 20.8. The highest BCUT2D eigenvalue weighted by molar-refractivity contribution is 7.99. The van der Waals surface area contributed by atoms with Crippen molar-refractivity contribution in [3.8, 4) is 0 Å². The van der Waals surface area contributed by atoms with Crippen molar-refractivity contribution in [2.75, 3.05) is 11.1 Å². The van der Waals surface area contributed by atoms with Crippen LogP contribution in [0, 0.1) is 0 Å². The van der Waals surface area contributed by atoms with Crippen LogP contribution in [0.2, 0.25) is 5.28 Å². The number of thioether (sulfide) groups is 1. The Bertz CT molecular complexity index is 1050. The molecule has 29 heavy (non-hydrogen) atoms. The van der Waals surface area contributed by atoms with E-state index in [-0.39, 0.29) is 23.3 Å². The maximum Gasteiger partial charge on any atom is 0.433 e. The Kier molecular flexibility index (Phi) is 5.27. The maximum atomic E-state index is 12.8. The number of aromatic nitrogens is 5. The molecule has 3 aromatic heterocycles. The maximum absolute atomic E-state index is 12.8. The number of alkyl halides is 3. The fourth-order valence-corrected chi connectivity index (χ4v) is 4.39. The number of rotatable bonds is 4. The lowest BCUT2D eigenvalue weighted by Gasteiger charge is -2.17. The monoisotopic (exact) mass is 446 g/mol. The van der Waals surface area contributed by atoms with Crippen molar-refractivity contribution in [1.82, 2.24) is 24.5 Å². The molecule has 0 aromatic carbocycles. The summed E-state index contributed by atoms with van der Waals surface area (Å²) in [5, 5.41) is 22.2. The number of aliphatic hydroxyl groups is 2. The summed E-state index contributed by atoms with van der Waals surface area (Å²) in [6, 6.07) is 3.62. The van der Waals surface area contributed by atoms with Gasteiger partial charge in [-0.3, -0.25) is 4.57 Å². The molecule has 1 saturated heterocycles. The van der Waals surface area contributed by atoms with Gasteiger partial charge in [-0.1, -0.05) is 6.07 Å². The summed E-state index contributed by atoms with van der Waals surface area (Å²) in [5.74, 6) is 0.576. The molecule has 3 aromatic rings. The van der Waals surface area contributed by atoms with Crippen molar-refractivity contribution in [2.45, 2.75) is 30.3 Å². The fraction of sp³-hybridized carbons (Fsp3) is 0.375. The van der Waals surface area contributed by atoms with E-state index in [4.69, 9.17) is 11.6 Å². The zero-order valence-corrected chi connectivity index (χ0v) is 16.1. The highest BCUT2D eigenvalue weighted by Gasteiger charge is 2.36. The minimum atomic E-state index is -4.54. The molecule has 3 N–H and O–H groups in total. The van der Waals surface area contributed by atoms with Gasteiger partial charge in [0.25, 0.3) is 0 Å². The number of pyridine rings is 1. The Morgan fingerprint density at radius 1 is 1.24 bits per heavy atom. The van der Waals surface area contributed by atoms with E-state index in [1.165, 1.54) is 30.2 Å². The van der Waals surface area contributed by atoms with Gasteiger partial charge in [-0.15, -0.1) is 11.8 Å². The van der Waals surface area contributed by atoms with Crippen LogP contribution in [0.3, 0.4) is 0 Å². The molecule has 4 heterocycles. The standard InChI is InChI=1S/C16H14ClF3N6O2S/c17-15-24-12(21-4-7-2-1-3-9(23-7)16(18,19)20)10-13(25-15)26(6-22-10)14-11(28)8(27)5-29-14/h1-3,6,8,11,14,27-28H,4-5H2,(H,21,24,25)/t8-,11-,14-/m1/s1. The summed E-state index contributed by atoms with van der Waals surface area (Å²) in [5.41, 5.74) is -0.171. The number of imidazole rings is 1. The first-order chi connectivity index (χ1) is 13.7. The Morgan fingerprint density at radius 3 is 2.72 bits per heavy atom. The molecule has 0 aliphatic carbocycles. The van der Waals surface area contributed by atoms with Crippen LogP contribution in [0.15, 0.2) is 24.5 Å². The molecule has 0 unspecified atom stereocenters. The Hall–Kier alpha value is -2.15. The van der Waals surface area contributed by atoms with Gasteiger partial charge in [0.15, 0.2) is 17.0 Å². The average molecular weight is 447 g/mol. The van der Waals surface area contributed by atoms with E-state index < -0.39 is 29.5 Å². The summed E-state index contributed by atoms with van der Waals surface area (Å²) in [6.07, 6.45) is -4.96. The first kappa shape index (κ1) is 20.1. The van der Waals surface area contributed by atoms with Crippen molar-refractivity contribution in [1.29, 1.82) is 0 Å². The number of aliphatic hydroxyl groups excluding tert-OH is 2. The Labute approximate surface area is 171 Å². The second-order valence-corrected chi connectivity index (χ2v) is 7.80. The van der Waals surface area contributed by atoms with E-state index in [0.29, 0.717) is 16.9 Å². The molecule has 1 aliphatic rings. The summed E-state index contributed by atoms with van der Waals surface area (Å²) >= 11 is 7.34. The first-order valence-corrected chi connectivity index (χ1v) is 9.81. The van der Waals surface area contributed by atoms with E-state index in [1.807, 2.05) is 0 Å². The van der Waals surface area contributed by atoms with Gasteiger partial charge >= 0.3 is 6.18 Å². The van der Waals surface area contributed by atoms with Crippen LogP contribution >= 0.6 is 23.4 Å². The lowest BCUT2D eigenvalue weighted by molar-refractivity contribution is -0.141. The van der Waals surface area contributed by atoms with Gasteiger partial charge < -0.3 is 15.5 Å². The predicted molar refractivity (Wildman–Crippen MR) is 100 cm³/mol. The molecular formula is C16H14ClF3N6O2S. The van der Waals surface area contributed by atoms with E-state index in [9.17, 15) is 23.4 Å². The number of nitrogens with zero attached hydrogens (tertiary/aromatic N) is 5. The smallest absolute Gasteiger partial charge is 0.389 e. The van der Waals surface area contributed by atoms with E-state index >= 15 is 0 Å². The van der Waals surface area contributed by atoms with E-state index in [2.05, 4.69) is 25.3 Å². The van der Waals surface area contributed by atoms with Crippen LogP contribution in [0.5, 0.6) is 0 Å². The van der Waals surface area contributed by atoms with Crippen LogP contribution in [0.1, 0.15) is 16.8 Å². The molecule has 0 radical (unpaired) electrons. The second kappa shape index (κ2) is 7.59. The number of anilines is 1. The van der Waals surface area contributed by atoms with Gasteiger partial charge in [-0.2, -0.15) is 23.1 Å². The fourth-order valence-electron chi connectivity index (χ4n) is 2.94. The van der Waals surface area contributed by atoms with Gasteiger partial charge in [0.1, 0.15) is 17.2 Å². The Balaban J connectivity index is 1.62. The lowest BCUT2D eigenvalue weighted by Crippen LogP contribution is -2.27. The van der Waals surface area contributed by atoms with E-state index in [0.717, 1.165) is 6.07 Å². The quantitative estimate of drug-likeness (QED) is 0.524. The zero-order valence-electron chi connectivity index (χ0n) is 14.5. The highest BCUT2D eigenvalue weighted by Crippen LogP contribution is 2.38. The molecule has 154 valence electrons. The minimum absolute atomic E-state index is 0.0429. The summed E-state index contributed by atoms with van der Waals surface area (Å²) in [7, 11) is 0. The molecular weight excluding hydrogens is 433 g/mol. The number of nitrogens with one attached hydrogen (secondary N) is 1. The molecule has 3 atom stereocenters. The normalized spacial score (nSPS) is 22.3. The molecule has 0 bridgehead atoms. The molecule has 1 aliphatic heterocycles. The van der Waals surface area contributed by atoms with Crippen LogP contribution in [-0.2, 0) is 12.7 Å². The molecule has 0 spiro atoms. The molecule has 0 amide bonds. The number of hydrogen-bond donors (Lipinski definition) is 3. The predicted octanol–water partition coefficient (Wildman–Crippen LogP) is 2.47. The number of hydrogen-bond acceptors (Lipinski definition) is 8. The highest BCUT2D eigenvalue weighted by atomic mass is 35.5. The van der Waals surface area contributed by atoms with Crippen LogP contribution in [0.4, 0.5) is 19.0 Å². The van der Waals surface area contributed by atoms with Crippen molar-refractivity contribution < 1.29 is 23.4 Å². The second-order valence-electron chi connectivity index (χ2n) is 6.31. The van der Waals surface area contributed by atoms with Gasteiger partial charge in [0, 0.05) is 5.75 Å². The molecule has 1 fully saturated rings. The topological polar surface area (TPSA) is 109 Å². The van der Waals surface area contributed by atoms with Crippen molar-refractivity contribution in [2.24, 2.45) is 0 Å². The van der Waals surface area contributed by atoms with Crippen molar-refractivity contribution in [3.05, 3.63) is 41.2 Å². The SMILES string of the molecule is O[C@@H]1[C@H](O)CS[C@H]1n1cnc2c(NCc3cccc(C(F)(F)F)n3)nc(Cl)nc21. The van der Waals surface area contributed by atoms with Crippen LogP contribution in [0.25, 0.3) is 11.2 Å². The third kappa shape index (κ3) is 3.97. The summed E-state index contributed by atoms with van der Waals surface area (Å²) in [4.78, 5) is 16.0. The van der Waals surface area contributed by atoms with Crippen LogP contribution in [-0.4, -0.2) is 52.7 Å². The molecule has 13 heteroatoms. The van der Waals surface area contributed by atoms with E-state index in [1.54, 1.807) is 4.57 Å². The van der Waals surface area contributed by atoms with Crippen molar-refractivity contribution >= 4 is 40.3 Å². The van der Waals surface area contributed by atoms with Crippen LogP contribution < -0.4 is 5.32 Å². The Morgan fingerprint density at radius 2 is 2.03 bits per heavy atom. The van der Waals surface area contributed by atoms with Gasteiger partial charge in [0.05, 0.1) is 24.7 Å². The molecule has 4 rings (SSSR count).